The Balaban J connectivity index is 2.32. The van der Waals surface area contributed by atoms with Gasteiger partial charge in [0.25, 0.3) is 0 Å². The fourth-order valence-electron chi connectivity index (χ4n) is 2.02. The van der Waals surface area contributed by atoms with Gasteiger partial charge in [-0.15, -0.1) is 0 Å². The van der Waals surface area contributed by atoms with Gasteiger partial charge in [-0.25, -0.2) is 4.39 Å². The lowest BCUT2D eigenvalue weighted by Gasteiger charge is -2.15. The molecule has 2 heterocycles. The minimum Gasteiger partial charge on any atom is -0.394 e. The van der Waals surface area contributed by atoms with E-state index in [0.29, 0.717) is 11.3 Å². The van der Waals surface area contributed by atoms with Crippen molar-refractivity contribution in [3.05, 3.63) is 33.7 Å². The molecule has 1 aliphatic heterocycles. The van der Waals surface area contributed by atoms with Gasteiger partial charge >= 0.3 is 0 Å². The van der Waals surface area contributed by atoms with Crippen LogP contribution in [-0.2, 0) is 4.74 Å². The van der Waals surface area contributed by atoms with Crippen LogP contribution >= 0.6 is 0 Å². The van der Waals surface area contributed by atoms with Crippen molar-refractivity contribution >= 4 is 0 Å². The summed E-state index contributed by atoms with van der Waals surface area (Å²) in [5.41, 5.74) is 0.696. The third kappa shape index (κ3) is 2.11. The second-order valence-electron chi connectivity index (χ2n) is 4.12. The first-order chi connectivity index (χ1) is 8.04. The zero-order chi connectivity index (χ0) is 12.6. The summed E-state index contributed by atoms with van der Waals surface area (Å²) in [5.74, 6) is 0. The highest BCUT2D eigenvalue weighted by Gasteiger charge is 2.44. The molecule has 1 saturated heterocycles. The average molecular weight is 243 g/mol. The SMILES string of the molecule is Cc1[nH]c(=O)ccc1[C@@H]1O[C@H](CO)C(O)[C@@H]1F. The molecule has 1 aromatic heterocycles. The number of pyridine rings is 1. The van der Waals surface area contributed by atoms with E-state index in [-0.39, 0.29) is 5.56 Å². The molecular weight excluding hydrogens is 229 g/mol. The smallest absolute Gasteiger partial charge is 0.248 e. The molecule has 5 nitrogen and oxygen atoms in total. The summed E-state index contributed by atoms with van der Waals surface area (Å²) in [6, 6.07) is 2.74. The highest BCUT2D eigenvalue weighted by molar-refractivity contribution is 5.24. The molecule has 0 spiro atoms. The predicted octanol–water partition coefficient (Wildman–Crippen LogP) is -0.185. The number of aliphatic hydroxyl groups is 2. The molecule has 17 heavy (non-hydrogen) atoms. The van der Waals surface area contributed by atoms with Gasteiger partial charge in [0.2, 0.25) is 5.56 Å². The number of halogens is 1. The maximum absolute atomic E-state index is 13.8. The van der Waals surface area contributed by atoms with E-state index < -0.39 is 31.1 Å². The van der Waals surface area contributed by atoms with Crippen LogP contribution in [0, 0.1) is 6.92 Å². The lowest BCUT2D eigenvalue weighted by atomic mass is 10.0. The first-order valence-electron chi connectivity index (χ1n) is 5.33. The molecule has 1 aromatic rings. The zero-order valence-electron chi connectivity index (χ0n) is 9.26. The number of nitrogens with one attached hydrogen (secondary N) is 1. The number of aryl methyl sites for hydroxylation is 1. The van der Waals surface area contributed by atoms with Gasteiger partial charge in [-0.2, -0.15) is 0 Å². The average Bonchev–Trinajstić information content (AvgIpc) is 2.57. The summed E-state index contributed by atoms with van der Waals surface area (Å²) in [6.45, 7) is 1.19. The summed E-state index contributed by atoms with van der Waals surface area (Å²) < 4.78 is 19.1. The number of aromatic amines is 1. The Morgan fingerprint density at radius 2 is 2.24 bits per heavy atom. The van der Waals surface area contributed by atoms with Crippen molar-refractivity contribution in [2.45, 2.75) is 31.4 Å². The quantitative estimate of drug-likeness (QED) is 0.672. The number of H-pyrrole nitrogens is 1. The van der Waals surface area contributed by atoms with E-state index in [2.05, 4.69) is 4.98 Å². The number of rotatable bonds is 2. The molecule has 94 valence electrons. The largest absolute Gasteiger partial charge is 0.394 e. The Morgan fingerprint density at radius 1 is 1.53 bits per heavy atom. The van der Waals surface area contributed by atoms with Gasteiger partial charge in [0.1, 0.15) is 18.3 Å². The van der Waals surface area contributed by atoms with Gasteiger partial charge in [0, 0.05) is 17.3 Å². The summed E-state index contributed by atoms with van der Waals surface area (Å²) in [5, 5.41) is 18.4. The van der Waals surface area contributed by atoms with Crippen LogP contribution < -0.4 is 5.56 Å². The van der Waals surface area contributed by atoms with Crippen molar-refractivity contribution in [3.63, 3.8) is 0 Å². The Morgan fingerprint density at radius 3 is 2.76 bits per heavy atom. The van der Waals surface area contributed by atoms with E-state index in [1.165, 1.54) is 12.1 Å². The van der Waals surface area contributed by atoms with Crippen LogP contribution in [0.15, 0.2) is 16.9 Å². The first kappa shape index (κ1) is 12.2. The highest BCUT2D eigenvalue weighted by atomic mass is 19.1. The molecular formula is C11H14FNO4. The highest BCUT2D eigenvalue weighted by Crippen LogP contribution is 2.36. The fourth-order valence-corrected chi connectivity index (χ4v) is 2.02. The second-order valence-corrected chi connectivity index (χ2v) is 4.12. The number of aromatic nitrogens is 1. The van der Waals surface area contributed by atoms with Crippen molar-refractivity contribution in [1.29, 1.82) is 0 Å². The Kier molecular flexibility index (Phi) is 3.28. The molecule has 0 bridgehead atoms. The van der Waals surface area contributed by atoms with Gasteiger partial charge < -0.3 is 19.9 Å². The van der Waals surface area contributed by atoms with Crippen LogP contribution in [0.4, 0.5) is 4.39 Å². The summed E-state index contributed by atoms with van der Waals surface area (Å²) in [7, 11) is 0. The van der Waals surface area contributed by atoms with E-state index >= 15 is 0 Å². The van der Waals surface area contributed by atoms with Gasteiger partial charge in [0.15, 0.2) is 6.17 Å². The number of aliphatic hydroxyl groups excluding tert-OH is 2. The Bertz CT molecular complexity index is 461. The van der Waals surface area contributed by atoms with Crippen LogP contribution in [0.5, 0.6) is 0 Å². The lowest BCUT2D eigenvalue weighted by molar-refractivity contribution is -0.0228. The predicted molar refractivity (Wildman–Crippen MR) is 57.4 cm³/mol. The van der Waals surface area contributed by atoms with Gasteiger partial charge in [-0.1, -0.05) is 0 Å². The van der Waals surface area contributed by atoms with Gasteiger partial charge in [-0.3, -0.25) is 4.79 Å². The van der Waals surface area contributed by atoms with Gasteiger partial charge in [-0.05, 0) is 13.0 Å². The minimum absolute atomic E-state index is 0.279. The molecule has 0 amide bonds. The summed E-state index contributed by atoms with van der Waals surface area (Å²) in [6.07, 6.45) is -4.85. The maximum atomic E-state index is 13.8. The topological polar surface area (TPSA) is 82.6 Å². The molecule has 1 unspecified atom stereocenters. The molecule has 1 fully saturated rings. The van der Waals surface area contributed by atoms with E-state index in [1.54, 1.807) is 6.92 Å². The first-order valence-corrected chi connectivity index (χ1v) is 5.33. The number of ether oxygens (including phenoxy) is 1. The van der Waals surface area contributed by atoms with E-state index in [4.69, 9.17) is 9.84 Å². The molecule has 4 atom stereocenters. The van der Waals surface area contributed by atoms with Crippen molar-refractivity contribution in [1.82, 2.24) is 4.98 Å². The van der Waals surface area contributed by atoms with Crippen molar-refractivity contribution in [2.75, 3.05) is 6.61 Å². The fraction of sp³-hybridized carbons (Fsp3) is 0.545. The third-order valence-electron chi connectivity index (χ3n) is 2.96. The zero-order valence-corrected chi connectivity index (χ0v) is 9.26. The van der Waals surface area contributed by atoms with Crippen molar-refractivity contribution in [2.24, 2.45) is 0 Å². The summed E-state index contributed by atoms with van der Waals surface area (Å²) >= 11 is 0. The lowest BCUT2D eigenvalue weighted by Crippen LogP contribution is -2.30. The van der Waals surface area contributed by atoms with E-state index in [1.807, 2.05) is 0 Å². The number of alkyl halides is 1. The molecule has 0 aliphatic carbocycles. The molecule has 0 radical (unpaired) electrons. The molecule has 0 aromatic carbocycles. The minimum atomic E-state index is -1.61. The van der Waals surface area contributed by atoms with Crippen molar-refractivity contribution < 1.29 is 19.3 Å². The maximum Gasteiger partial charge on any atom is 0.248 e. The van der Waals surface area contributed by atoms with Crippen LogP contribution in [-0.4, -0.2) is 40.2 Å². The second kappa shape index (κ2) is 4.56. The molecule has 0 saturated carbocycles. The standard InChI is InChI=1S/C11H14FNO4/c1-5-6(2-3-8(15)13-5)11-9(12)10(16)7(4-14)17-11/h2-3,7,9-11,14,16H,4H2,1H3,(H,13,15)/t7-,9+,10?,11+/m1/s1. The van der Waals surface area contributed by atoms with Crippen LogP contribution in [0.3, 0.4) is 0 Å². The van der Waals surface area contributed by atoms with Crippen LogP contribution in [0.25, 0.3) is 0 Å². The summed E-state index contributed by atoms with van der Waals surface area (Å²) in [4.78, 5) is 13.6. The van der Waals surface area contributed by atoms with Crippen molar-refractivity contribution in [3.8, 4) is 0 Å². The molecule has 6 heteroatoms. The third-order valence-corrected chi connectivity index (χ3v) is 2.96. The van der Waals surface area contributed by atoms with Gasteiger partial charge in [0.05, 0.1) is 6.61 Å². The van der Waals surface area contributed by atoms with Crippen LogP contribution in [0.1, 0.15) is 17.4 Å². The van der Waals surface area contributed by atoms with Crippen LogP contribution in [0.2, 0.25) is 0 Å². The number of hydrogen-bond acceptors (Lipinski definition) is 4. The van der Waals surface area contributed by atoms with E-state index in [0.717, 1.165) is 0 Å². The van der Waals surface area contributed by atoms with E-state index in [9.17, 15) is 14.3 Å². The monoisotopic (exact) mass is 243 g/mol. The molecule has 3 N–H and O–H groups in total. The Hall–Kier alpha value is -1.24. The normalized spacial score (nSPS) is 32.9. The molecule has 2 rings (SSSR count). The Labute approximate surface area is 96.9 Å². The number of hydrogen-bond donors (Lipinski definition) is 3. The molecule has 1 aliphatic rings.